The lowest BCUT2D eigenvalue weighted by atomic mass is 10.1. The van der Waals surface area contributed by atoms with E-state index in [0.717, 1.165) is 59.8 Å². The quantitative estimate of drug-likeness (QED) is 0.0311. The van der Waals surface area contributed by atoms with Crippen molar-refractivity contribution in [3.05, 3.63) is 139 Å². The minimum absolute atomic E-state index is 0.0478. The number of benzene rings is 5. The summed E-state index contributed by atoms with van der Waals surface area (Å²) in [5.74, 6) is 1.89. The van der Waals surface area contributed by atoms with Crippen molar-refractivity contribution >= 4 is 23.5 Å². The van der Waals surface area contributed by atoms with E-state index in [1.54, 1.807) is 0 Å². The molecule has 1 amide bonds. The van der Waals surface area contributed by atoms with E-state index in [1.165, 1.54) is 25.3 Å². The fraction of sp³-hybridized carbons (Fsp3) is 0.298. The number of carboxylic acid groups (broad SMARTS) is 1. The average molecular weight is 808 g/mol. The number of hydrogen-bond donors (Lipinski definition) is 3. The summed E-state index contributed by atoms with van der Waals surface area (Å²) in [6.45, 7) is 2.21. The Morgan fingerprint density at radius 3 is 1.63 bits per heavy atom. The Morgan fingerprint density at radius 2 is 1.07 bits per heavy atom. The van der Waals surface area contributed by atoms with Gasteiger partial charge in [-0.3, -0.25) is 9.59 Å². The summed E-state index contributed by atoms with van der Waals surface area (Å²) in [7, 11) is 1.25. The van der Waals surface area contributed by atoms with Crippen molar-refractivity contribution in [3.63, 3.8) is 0 Å². The van der Waals surface area contributed by atoms with Gasteiger partial charge in [0, 0.05) is 18.9 Å². The Bertz CT molecular complexity index is 1970. The number of phenols is 1. The fourth-order valence-electron chi connectivity index (χ4n) is 5.40. The van der Waals surface area contributed by atoms with Crippen LogP contribution in [0.3, 0.4) is 0 Å². The molecule has 0 spiro atoms. The van der Waals surface area contributed by atoms with Gasteiger partial charge in [-0.25, -0.2) is 4.79 Å². The van der Waals surface area contributed by atoms with Crippen molar-refractivity contribution < 1.29 is 53.0 Å². The summed E-state index contributed by atoms with van der Waals surface area (Å²) in [6, 6.07) is 39.0. The molecule has 12 nitrogen and oxygen atoms in total. The predicted molar refractivity (Wildman–Crippen MR) is 225 cm³/mol. The molecule has 0 aliphatic rings. The summed E-state index contributed by atoms with van der Waals surface area (Å²) in [4.78, 5) is 34.4. The molecule has 0 aromatic heterocycles. The van der Waals surface area contributed by atoms with Crippen LogP contribution in [0.5, 0.6) is 34.5 Å². The highest BCUT2D eigenvalue weighted by Crippen LogP contribution is 2.29. The molecule has 0 radical (unpaired) electrons. The average Bonchev–Trinajstić information content (AvgIpc) is 3.26. The standard InChI is InChI=1S/C28H31NO7.C19H22O4/c1-33-28(32)20-36-26-19-22(30)13-14-25(26)29-27(31)15-12-21-8-7-11-24(18-21)35-17-6-5-16-34-23-9-3-2-4-10-23;20-19(21)13-10-16-8-11-18(12-9-16)23-15-5-4-14-22-17-6-2-1-3-7-17/h2-4,7-11,13-14,18-19,30H,5-6,12,15-17,20H2,1H3,(H,29,31);1-3,6-9,11-12H,4-5,10,13-15H2,(H,20,21). The van der Waals surface area contributed by atoms with Crippen molar-refractivity contribution in [2.24, 2.45) is 0 Å². The van der Waals surface area contributed by atoms with E-state index in [-0.39, 0.29) is 36.9 Å². The molecule has 0 saturated heterocycles. The molecule has 0 atom stereocenters. The molecular formula is C47H53NO11. The zero-order valence-corrected chi connectivity index (χ0v) is 33.4. The molecule has 59 heavy (non-hydrogen) atoms. The number of nitrogens with one attached hydrogen (secondary N) is 1. The lowest BCUT2D eigenvalue weighted by Gasteiger charge is -2.13. The topological polar surface area (TPSA) is 159 Å². The van der Waals surface area contributed by atoms with Crippen molar-refractivity contribution in [2.45, 2.75) is 51.4 Å². The van der Waals surface area contributed by atoms with E-state index in [0.29, 0.717) is 45.0 Å². The third-order valence-corrected chi connectivity index (χ3v) is 8.54. The number of carbonyl (C=O) groups excluding carboxylic acids is 2. The van der Waals surface area contributed by atoms with Gasteiger partial charge in [0.05, 0.1) is 39.2 Å². The number of esters is 1. The Kier molecular flexibility index (Phi) is 20.0. The number of para-hydroxylation sites is 2. The highest BCUT2D eigenvalue weighted by molar-refractivity contribution is 5.92. The van der Waals surface area contributed by atoms with E-state index in [1.807, 2.05) is 109 Å². The van der Waals surface area contributed by atoms with Gasteiger partial charge in [-0.15, -0.1) is 0 Å². The fourth-order valence-corrected chi connectivity index (χ4v) is 5.40. The van der Waals surface area contributed by atoms with Gasteiger partial charge in [0.15, 0.2) is 6.61 Å². The maximum Gasteiger partial charge on any atom is 0.343 e. The van der Waals surface area contributed by atoms with E-state index in [2.05, 4.69) is 10.1 Å². The molecule has 0 heterocycles. The number of aliphatic carboxylic acids is 1. The molecule has 0 aliphatic carbocycles. The van der Waals surface area contributed by atoms with Crippen LogP contribution in [-0.4, -0.2) is 68.2 Å². The maximum absolute atomic E-state index is 12.5. The van der Waals surface area contributed by atoms with Crippen LogP contribution in [0.2, 0.25) is 0 Å². The van der Waals surface area contributed by atoms with Gasteiger partial charge < -0.3 is 44.0 Å². The number of carboxylic acids is 1. The first-order valence-corrected chi connectivity index (χ1v) is 19.6. The number of phenolic OH excluding ortho intramolecular Hbond substituents is 1. The predicted octanol–water partition coefficient (Wildman–Crippen LogP) is 8.70. The van der Waals surface area contributed by atoms with Crippen LogP contribution in [0.1, 0.15) is 49.7 Å². The second kappa shape index (κ2) is 26.3. The number of unbranched alkanes of at least 4 members (excludes halogenated alkanes) is 2. The smallest absolute Gasteiger partial charge is 0.343 e. The summed E-state index contributed by atoms with van der Waals surface area (Å²) in [5, 5.41) is 21.1. The summed E-state index contributed by atoms with van der Waals surface area (Å²) in [5.41, 5.74) is 2.34. The zero-order valence-electron chi connectivity index (χ0n) is 33.4. The van der Waals surface area contributed by atoms with Gasteiger partial charge in [0.25, 0.3) is 0 Å². The van der Waals surface area contributed by atoms with E-state index in [9.17, 15) is 19.5 Å². The van der Waals surface area contributed by atoms with Crippen LogP contribution in [0.25, 0.3) is 0 Å². The van der Waals surface area contributed by atoms with Gasteiger partial charge in [-0.1, -0.05) is 60.7 Å². The number of ether oxygens (including phenoxy) is 6. The molecule has 312 valence electrons. The van der Waals surface area contributed by atoms with Gasteiger partial charge in [0.2, 0.25) is 5.91 Å². The molecule has 0 aliphatic heterocycles. The largest absolute Gasteiger partial charge is 0.508 e. The number of anilines is 1. The lowest BCUT2D eigenvalue weighted by Crippen LogP contribution is -2.16. The molecule has 0 saturated carbocycles. The Labute approximate surface area is 345 Å². The van der Waals surface area contributed by atoms with Crippen molar-refractivity contribution in [1.29, 1.82) is 0 Å². The van der Waals surface area contributed by atoms with Crippen molar-refractivity contribution in [3.8, 4) is 34.5 Å². The van der Waals surface area contributed by atoms with Crippen LogP contribution >= 0.6 is 0 Å². The van der Waals surface area contributed by atoms with E-state index < -0.39 is 11.9 Å². The van der Waals surface area contributed by atoms with Crippen LogP contribution < -0.4 is 29.0 Å². The molecular weight excluding hydrogens is 755 g/mol. The van der Waals surface area contributed by atoms with Crippen LogP contribution in [-0.2, 0) is 32.0 Å². The van der Waals surface area contributed by atoms with Crippen molar-refractivity contribution in [1.82, 2.24) is 0 Å². The Balaban J connectivity index is 0.000000288. The number of carbonyl (C=O) groups is 3. The number of hydrogen-bond acceptors (Lipinski definition) is 10. The first-order chi connectivity index (χ1) is 28.8. The molecule has 0 bridgehead atoms. The highest BCUT2D eigenvalue weighted by Gasteiger charge is 2.12. The number of aromatic hydroxyl groups is 1. The van der Waals surface area contributed by atoms with Crippen LogP contribution in [0.4, 0.5) is 5.69 Å². The van der Waals surface area contributed by atoms with Gasteiger partial charge in [0.1, 0.15) is 34.5 Å². The van der Waals surface area contributed by atoms with Crippen LogP contribution in [0.15, 0.2) is 127 Å². The number of aryl methyl sites for hydroxylation is 2. The molecule has 5 rings (SSSR count). The summed E-state index contributed by atoms with van der Waals surface area (Å²) in [6.07, 6.45) is 5.07. The molecule has 5 aromatic rings. The number of methoxy groups -OCH3 is 1. The molecule has 5 aromatic carbocycles. The van der Waals surface area contributed by atoms with E-state index in [4.69, 9.17) is 28.8 Å². The second-order valence-electron chi connectivity index (χ2n) is 13.2. The molecule has 0 unspecified atom stereocenters. The third-order valence-electron chi connectivity index (χ3n) is 8.54. The molecule has 12 heteroatoms. The molecule has 0 fully saturated rings. The van der Waals surface area contributed by atoms with Gasteiger partial charge in [-0.2, -0.15) is 0 Å². The monoisotopic (exact) mass is 807 g/mol. The highest BCUT2D eigenvalue weighted by atomic mass is 16.6. The second-order valence-corrected chi connectivity index (χ2v) is 13.2. The number of rotatable bonds is 24. The van der Waals surface area contributed by atoms with Gasteiger partial charge in [-0.05, 0) is 110 Å². The maximum atomic E-state index is 12.5. The summed E-state index contributed by atoms with van der Waals surface area (Å²) < 4.78 is 32.7. The van der Waals surface area contributed by atoms with Gasteiger partial charge >= 0.3 is 11.9 Å². The third kappa shape index (κ3) is 18.9. The summed E-state index contributed by atoms with van der Waals surface area (Å²) >= 11 is 0. The zero-order chi connectivity index (χ0) is 41.9. The Morgan fingerprint density at radius 1 is 0.542 bits per heavy atom. The minimum atomic E-state index is -0.775. The SMILES string of the molecule is COC(=O)COc1cc(O)ccc1NC(=O)CCc1cccc(OCCCCOc2ccccc2)c1.O=C(O)CCc1ccc(OCCCCOc2ccccc2)cc1. The first-order valence-electron chi connectivity index (χ1n) is 19.6. The van der Waals surface area contributed by atoms with Crippen LogP contribution in [0, 0.1) is 0 Å². The lowest BCUT2D eigenvalue weighted by molar-refractivity contribution is -0.143. The number of amides is 1. The van der Waals surface area contributed by atoms with E-state index >= 15 is 0 Å². The molecule has 3 N–H and O–H groups in total. The Hall–Kier alpha value is -6.69. The first kappa shape index (κ1) is 45.0. The normalized spacial score (nSPS) is 10.3. The minimum Gasteiger partial charge on any atom is -0.508 e. The van der Waals surface area contributed by atoms with Crippen molar-refractivity contribution in [2.75, 3.05) is 45.5 Å².